The first kappa shape index (κ1) is 18.3. The third kappa shape index (κ3) is 4.72. The van der Waals surface area contributed by atoms with Gasteiger partial charge in [-0.15, -0.1) is 0 Å². The van der Waals surface area contributed by atoms with Gasteiger partial charge in [0.25, 0.3) is 0 Å². The Balaban J connectivity index is 1.92. The molecular formula is C15H21F3N4O2. The van der Waals surface area contributed by atoms with E-state index in [0.717, 1.165) is 0 Å². The number of anilines is 1. The van der Waals surface area contributed by atoms with E-state index in [1.165, 1.54) is 22.0 Å². The molecule has 0 aliphatic heterocycles. The molecule has 0 aromatic carbocycles. The zero-order valence-electron chi connectivity index (χ0n) is 13.6. The summed E-state index contributed by atoms with van der Waals surface area (Å²) in [5.41, 5.74) is 0.376. The number of nitrogens with zero attached hydrogens (tertiary/aromatic N) is 3. The van der Waals surface area contributed by atoms with Crippen LogP contribution in [0.15, 0.2) is 12.4 Å². The molecule has 9 heteroatoms. The summed E-state index contributed by atoms with van der Waals surface area (Å²) in [6.07, 6.45) is -0.643. The lowest BCUT2D eigenvalue weighted by atomic mass is 9.80. The molecule has 1 saturated carbocycles. The van der Waals surface area contributed by atoms with E-state index in [9.17, 15) is 22.8 Å². The third-order valence-corrected chi connectivity index (χ3v) is 4.20. The van der Waals surface area contributed by atoms with Crippen LogP contribution in [0.2, 0.25) is 0 Å². The van der Waals surface area contributed by atoms with E-state index in [0.29, 0.717) is 18.5 Å². The van der Waals surface area contributed by atoms with E-state index in [4.69, 9.17) is 0 Å². The van der Waals surface area contributed by atoms with E-state index < -0.39 is 23.9 Å². The average molecular weight is 346 g/mol. The fourth-order valence-corrected chi connectivity index (χ4v) is 2.76. The van der Waals surface area contributed by atoms with Crippen LogP contribution in [-0.2, 0) is 16.1 Å². The van der Waals surface area contributed by atoms with Crippen LogP contribution in [0.25, 0.3) is 0 Å². The minimum Gasteiger partial charge on any atom is -0.347 e. The molecule has 2 amide bonds. The second kappa shape index (κ2) is 7.23. The number of amides is 2. The summed E-state index contributed by atoms with van der Waals surface area (Å²) in [5, 5.41) is 6.56. The smallest absolute Gasteiger partial charge is 0.347 e. The summed E-state index contributed by atoms with van der Waals surface area (Å²) in [5.74, 6) is -2.65. The third-order valence-electron chi connectivity index (χ3n) is 4.20. The molecule has 0 unspecified atom stereocenters. The molecule has 1 aromatic rings. The number of aromatic nitrogens is 2. The van der Waals surface area contributed by atoms with Crippen molar-refractivity contribution in [3.05, 3.63) is 12.4 Å². The maximum absolute atomic E-state index is 12.8. The van der Waals surface area contributed by atoms with Crippen molar-refractivity contribution in [2.45, 2.75) is 38.4 Å². The van der Waals surface area contributed by atoms with Crippen molar-refractivity contribution < 1.29 is 22.8 Å². The molecular weight excluding hydrogens is 325 g/mol. The number of likely N-dealkylation sites (N-methyl/N-ethyl adjacent to an activating group) is 1. The van der Waals surface area contributed by atoms with Gasteiger partial charge in [-0.2, -0.15) is 18.3 Å². The van der Waals surface area contributed by atoms with Crippen LogP contribution in [0, 0.1) is 11.8 Å². The van der Waals surface area contributed by atoms with Crippen LogP contribution in [0.5, 0.6) is 0 Å². The van der Waals surface area contributed by atoms with Crippen molar-refractivity contribution in [2.75, 3.05) is 19.4 Å². The molecule has 1 heterocycles. The predicted molar refractivity (Wildman–Crippen MR) is 81.1 cm³/mol. The fraction of sp³-hybridized carbons (Fsp3) is 0.667. The van der Waals surface area contributed by atoms with Gasteiger partial charge < -0.3 is 10.2 Å². The SMILES string of the molecule is CN(C)C(=O)Cn1cc(NC(=O)[C@@H]2CCC[C@H](C(F)(F)F)C2)cn1. The molecule has 1 aliphatic carbocycles. The summed E-state index contributed by atoms with van der Waals surface area (Å²) >= 11 is 0. The maximum atomic E-state index is 12.8. The first-order valence-corrected chi connectivity index (χ1v) is 7.77. The van der Waals surface area contributed by atoms with Crippen molar-refractivity contribution in [2.24, 2.45) is 11.8 Å². The van der Waals surface area contributed by atoms with Crippen LogP contribution < -0.4 is 5.32 Å². The topological polar surface area (TPSA) is 67.2 Å². The van der Waals surface area contributed by atoms with Gasteiger partial charge in [-0.3, -0.25) is 14.3 Å². The van der Waals surface area contributed by atoms with Gasteiger partial charge in [0.2, 0.25) is 11.8 Å². The Morgan fingerprint density at radius 1 is 1.38 bits per heavy atom. The molecule has 2 rings (SSSR count). The lowest BCUT2D eigenvalue weighted by Gasteiger charge is -2.29. The number of hydrogen-bond donors (Lipinski definition) is 1. The van der Waals surface area contributed by atoms with Crippen LogP contribution in [0.3, 0.4) is 0 Å². The normalized spacial score (nSPS) is 21.4. The van der Waals surface area contributed by atoms with Gasteiger partial charge in [0.05, 0.1) is 17.8 Å². The molecule has 0 bridgehead atoms. The highest BCUT2D eigenvalue weighted by molar-refractivity contribution is 5.92. The van der Waals surface area contributed by atoms with E-state index in [1.54, 1.807) is 14.1 Å². The van der Waals surface area contributed by atoms with Crippen molar-refractivity contribution in [1.29, 1.82) is 0 Å². The molecule has 1 aliphatic rings. The van der Waals surface area contributed by atoms with E-state index >= 15 is 0 Å². The number of hydrogen-bond acceptors (Lipinski definition) is 3. The number of halogens is 3. The zero-order chi connectivity index (χ0) is 17.9. The highest BCUT2D eigenvalue weighted by Crippen LogP contribution is 2.40. The molecule has 0 spiro atoms. The van der Waals surface area contributed by atoms with Gasteiger partial charge in [0.15, 0.2) is 0 Å². The molecule has 134 valence electrons. The van der Waals surface area contributed by atoms with Gasteiger partial charge in [0.1, 0.15) is 6.54 Å². The Kier molecular flexibility index (Phi) is 5.51. The molecule has 1 fully saturated rings. The molecule has 24 heavy (non-hydrogen) atoms. The largest absolute Gasteiger partial charge is 0.391 e. The maximum Gasteiger partial charge on any atom is 0.391 e. The molecule has 6 nitrogen and oxygen atoms in total. The summed E-state index contributed by atoms with van der Waals surface area (Å²) in [4.78, 5) is 25.2. The Morgan fingerprint density at radius 2 is 2.08 bits per heavy atom. The van der Waals surface area contributed by atoms with Crippen LogP contribution in [0.4, 0.5) is 18.9 Å². The Hall–Kier alpha value is -2.06. The van der Waals surface area contributed by atoms with E-state index in [1.807, 2.05) is 0 Å². The number of carbonyl (C=O) groups excluding carboxylic acids is 2. The van der Waals surface area contributed by atoms with Crippen LogP contribution in [-0.4, -0.2) is 46.8 Å². The summed E-state index contributed by atoms with van der Waals surface area (Å²) < 4.78 is 39.8. The monoisotopic (exact) mass is 346 g/mol. The van der Waals surface area contributed by atoms with Crippen LogP contribution in [0.1, 0.15) is 25.7 Å². The molecule has 1 aromatic heterocycles. The lowest BCUT2D eigenvalue weighted by molar-refractivity contribution is -0.185. The number of alkyl halides is 3. The molecule has 0 radical (unpaired) electrons. The first-order chi connectivity index (χ1) is 11.2. The Morgan fingerprint density at radius 3 is 2.71 bits per heavy atom. The molecule has 1 N–H and O–H groups in total. The second-order valence-electron chi connectivity index (χ2n) is 6.31. The van der Waals surface area contributed by atoms with E-state index in [-0.39, 0.29) is 25.3 Å². The first-order valence-electron chi connectivity index (χ1n) is 7.77. The highest BCUT2D eigenvalue weighted by atomic mass is 19.4. The zero-order valence-corrected chi connectivity index (χ0v) is 13.6. The number of nitrogens with one attached hydrogen (secondary N) is 1. The quantitative estimate of drug-likeness (QED) is 0.909. The second-order valence-corrected chi connectivity index (χ2v) is 6.31. The Bertz CT molecular complexity index is 598. The van der Waals surface area contributed by atoms with Crippen LogP contribution >= 0.6 is 0 Å². The van der Waals surface area contributed by atoms with Crippen molar-refractivity contribution in [3.63, 3.8) is 0 Å². The predicted octanol–water partition coefficient (Wildman–Crippen LogP) is 2.28. The summed E-state index contributed by atoms with van der Waals surface area (Å²) in [7, 11) is 3.24. The minimum absolute atomic E-state index is 0.0302. The minimum atomic E-state index is -4.25. The van der Waals surface area contributed by atoms with Gasteiger partial charge in [-0.1, -0.05) is 6.42 Å². The van der Waals surface area contributed by atoms with Gasteiger partial charge in [-0.05, 0) is 19.3 Å². The average Bonchev–Trinajstić information content (AvgIpc) is 2.93. The van der Waals surface area contributed by atoms with Crippen molar-refractivity contribution >= 4 is 17.5 Å². The highest BCUT2D eigenvalue weighted by Gasteiger charge is 2.43. The molecule has 2 atom stereocenters. The van der Waals surface area contributed by atoms with E-state index in [2.05, 4.69) is 10.4 Å². The number of rotatable bonds is 4. The summed E-state index contributed by atoms with van der Waals surface area (Å²) in [6, 6.07) is 0. The van der Waals surface area contributed by atoms with Gasteiger partial charge in [-0.25, -0.2) is 0 Å². The number of carbonyl (C=O) groups is 2. The summed E-state index contributed by atoms with van der Waals surface area (Å²) in [6.45, 7) is 0.0302. The Labute approximate surface area is 138 Å². The van der Waals surface area contributed by atoms with Crippen molar-refractivity contribution in [3.8, 4) is 0 Å². The van der Waals surface area contributed by atoms with Gasteiger partial charge >= 0.3 is 6.18 Å². The van der Waals surface area contributed by atoms with Crippen molar-refractivity contribution in [1.82, 2.24) is 14.7 Å². The van der Waals surface area contributed by atoms with Gasteiger partial charge in [0, 0.05) is 26.2 Å². The molecule has 0 saturated heterocycles. The standard InChI is InChI=1S/C15H21F3N4O2/c1-21(2)13(23)9-22-8-12(7-19-22)20-14(24)10-4-3-5-11(6-10)15(16,17)18/h7-8,10-11H,3-6,9H2,1-2H3,(H,20,24)/t10-,11+/m1/s1. The fourth-order valence-electron chi connectivity index (χ4n) is 2.76. The lowest BCUT2D eigenvalue weighted by Crippen LogP contribution is -2.34.